The fraction of sp³-hybridized carbons (Fsp3) is 0.412. The molecule has 4 N–H and O–H groups in total. The third-order valence-corrected chi connectivity index (χ3v) is 10.8. The standard InChI is InChI=1S/C34H41ClN2O8S2/c1-33(2)27-22-24(35)15-18-29(27)37(20-10-11-21-46(40,41)42)31(33)13-7-4-6-12-30-34(3,19-9-5-8-14-32(38)39)26-23-25(47(43,44)45)16-17-28(26)36-30/h4,6-7,12-13,15-18,22-23H,5,8-11,14,19-21H2,1-3H3,(H3,38,39,40,41,42,43,44,45)/p+1. The zero-order valence-electron chi connectivity index (χ0n) is 26.7. The molecule has 10 nitrogen and oxygen atoms in total. The first-order valence-corrected chi connectivity index (χ1v) is 18.9. The number of aliphatic carboxylic acids is 1. The Morgan fingerprint density at radius 3 is 2.34 bits per heavy atom. The minimum absolute atomic E-state index is 0.0894. The van der Waals surface area contributed by atoms with Crippen LogP contribution in [-0.4, -0.2) is 59.6 Å². The lowest BCUT2D eigenvalue weighted by Gasteiger charge is -2.26. The van der Waals surface area contributed by atoms with Crippen molar-refractivity contribution < 1.29 is 40.4 Å². The van der Waals surface area contributed by atoms with E-state index in [0.717, 1.165) is 40.3 Å². The maximum absolute atomic E-state index is 11.9. The van der Waals surface area contributed by atoms with Crippen molar-refractivity contribution >= 4 is 54.9 Å². The van der Waals surface area contributed by atoms with Crippen LogP contribution in [0.2, 0.25) is 5.02 Å². The molecule has 2 aromatic rings. The quantitative estimate of drug-likeness (QED) is 0.0659. The van der Waals surface area contributed by atoms with Crippen LogP contribution in [0.1, 0.15) is 76.8 Å². The minimum Gasteiger partial charge on any atom is -0.481 e. The third-order valence-electron chi connectivity index (χ3n) is 8.94. The topological polar surface area (TPSA) is 161 Å². The van der Waals surface area contributed by atoms with Crippen LogP contribution in [-0.2, 0) is 35.9 Å². The van der Waals surface area contributed by atoms with Gasteiger partial charge in [-0.2, -0.15) is 21.4 Å². The monoisotopic (exact) mass is 705 g/mol. The Labute approximate surface area is 282 Å². The molecule has 0 saturated heterocycles. The first kappa shape index (κ1) is 36.5. The lowest BCUT2D eigenvalue weighted by Crippen LogP contribution is -2.28. The summed E-state index contributed by atoms with van der Waals surface area (Å²) in [6, 6.07) is 10.2. The van der Waals surface area contributed by atoms with E-state index in [1.54, 1.807) is 6.07 Å². The molecule has 0 amide bonds. The number of hydrogen-bond acceptors (Lipinski definition) is 6. The number of nitrogens with one attached hydrogen (secondary N) is 1. The van der Waals surface area contributed by atoms with Crippen molar-refractivity contribution in [1.82, 2.24) is 0 Å². The number of hydrogen-bond donors (Lipinski definition) is 4. The second-order valence-electron chi connectivity index (χ2n) is 12.7. The molecule has 2 aliphatic heterocycles. The molecule has 0 fully saturated rings. The molecule has 2 heterocycles. The zero-order valence-corrected chi connectivity index (χ0v) is 29.1. The van der Waals surface area contributed by atoms with Crippen LogP contribution in [0.25, 0.3) is 0 Å². The van der Waals surface area contributed by atoms with Crippen molar-refractivity contribution in [2.24, 2.45) is 0 Å². The van der Waals surface area contributed by atoms with Crippen LogP contribution < -0.4 is 5.32 Å². The number of halogens is 1. The van der Waals surface area contributed by atoms with Gasteiger partial charge < -0.3 is 10.4 Å². The van der Waals surface area contributed by atoms with Gasteiger partial charge in [-0.05, 0) is 82.0 Å². The van der Waals surface area contributed by atoms with Crippen molar-refractivity contribution in [2.45, 2.75) is 81.4 Å². The Morgan fingerprint density at radius 1 is 0.915 bits per heavy atom. The van der Waals surface area contributed by atoms with Gasteiger partial charge in [-0.3, -0.25) is 13.9 Å². The third kappa shape index (κ3) is 8.80. The van der Waals surface area contributed by atoms with Crippen molar-refractivity contribution in [1.29, 1.82) is 0 Å². The predicted octanol–water partition coefficient (Wildman–Crippen LogP) is 7.05. The first-order valence-electron chi connectivity index (χ1n) is 15.5. The van der Waals surface area contributed by atoms with E-state index in [0.29, 0.717) is 43.7 Å². The first-order chi connectivity index (χ1) is 21.9. The van der Waals surface area contributed by atoms with Crippen LogP contribution in [0.5, 0.6) is 0 Å². The van der Waals surface area contributed by atoms with E-state index in [9.17, 15) is 26.2 Å². The van der Waals surface area contributed by atoms with Crippen LogP contribution in [0.15, 0.2) is 77.4 Å². The number of unbranched alkanes of at least 4 members (excludes halogenated alkanes) is 3. The van der Waals surface area contributed by atoms with E-state index in [1.807, 2.05) is 55.5 Å². The highest BCUT2D eigenvalue weighted by atomic mass is 35.5. The number of carboxylic acid groups (broad SMARTS) is 1. The highest BCUT2D eigenvalue weighted by Gasteiger charge is 2.44. The van der Waals surface area contributed by atoms with Gasteiger partial charge in [-0.15, -0.1) is 0 Å². The molecule has 4 rings (SSSR count). The largest absolute Gasteiger partial charge is 0.481 e. The number of allylic oxidation sites excluding steroid dienone is 6. The van der Waals surface area contributed by atoms with E-state index in [2.05, 4.69) is 23.7 Å². The van der Waals surface area contributed by atoms with Gasteiger partial charge in [0, 0.05) is 52.4 Å². The fourth-order valence-electron chi connectivity index (χ4n) is 6.41. The summed E-state index contributed by atoms with van der Waals surface area (Å²) in [4.78, 5) is 10.8. The highest BCUT2D eigenvalue weighted by Crippen LogP contribution is 2.47. The highest BCUT2D eigenvalue weighted by molar-refractivity contribution is 7.86. The molecule has 1 atom stereocenters. The Morgan fingerprint density at radius 2 is 1.66 bits per heavy atom. The molecule has 13 heteroatoms. The minimum atomic E-state index is -4.40. The van der Waals surface area contributed by atoms with Gasteiger partial charge in [0.25, 0.3) is 20.2 Å². The summed E-state index contributed by atoms with van der Waals surface area (Å²) in [6.07, 6.45) is 13.2. The average molecular weight is 706 g/mol. The predicted molar refractivity (Wildman–Crippen MR) is 184 cm³/mol. The van der Waals surface area contributed by atoms with Crippen LogP contribution >= 0.6 is 11.6 Å². The maximum atomic E-state index is 11.9. The Hall–Kier alpha value is -3.29. The number of benzene rings is 2. The second kappa shape index (κ2) is 14.4. The number of fused-ring (bicyclic) bond motifs is 2. The van der Waals surface area contributed by atoms with E-state index in [-0.39, 0.29) is 22.5 Å². The van der Waals surface area contributed by atoms with Crippen LogP contribution in [0, 0.1) is 0 Å². The van der Waals surface area contributed by atoms with E-state index in [1.165, 1.54) is 12.1 Å². The Kier molecular flexibility index (Phi) is 11.2. The summed E-state index contributed by atoms with van der Waals surface area (Å²) in [5.74, 6) is -1.14. The number of rotatable bonds is 15. The van der Waals surface area contributed by atoms with Gasteiger partial charge in [0.1, 0.15) is 6.54 Å². The molecule has 0 saturated carbocycles. The average Bonchev–Trinajstić information content (AvgIpc) is 3.36. The molecule has 0 aliphatic carbocycles. The number of anilines is 1. The van der Waals surface area contributed by atoms with E-state index < -0.39 is 31.6 Å². The number of carboxylic acids is 1. The summed E-state index contributed by atoms with van der Waals surface area (Å²) in [7, 11) is -8.43. The summed E-state index contributed by atoms with van der Waals surface area (Å²) >= 11 is 6.35. The number of nitrogens with zero attached hydrogens (tertiary/aromatic N) is 1. The van der Waals surface area contributed by atoms with Gasteiger partial charge in [0.2, 0.25) is 5.69 Å². The lowest BCUT2D eigenvalue weighted by atomic mass is 9.77. The van der Waals surface area contributed by atoms with E-state index in [4.69, 9.17) is 21.3 Å². The van der Waals surface area contributed by atoms with Crippen LogP contribution in [0.3, 0.4) is 0 Å². The normalized spacial score (nSPS) is 19.9. The molecule has 0 radical (unpaired) electrons. The van der Waals surface area contributed by atoms with Crippen LogP contribution in [0.4, 0.5) is 11.4 Å². The van der Waals surface area contributed by atoms with Crippen molar-refractivity contribution in [2.75, 3.05) is 17.6 Å². The van der Waals surface area contributed by atoms with Gasteiger partial charge >= 0.3 is 5.97 Å². The Balaban J connectivity index is 1.60. The molecule has 0 spiro atoms. The number of carbonyl (C=O) groups is 1. The summed E-state index contributed by atoms with van der Waals surface area (Å²) in [6.45, 7) is 6.77. The SMILES string of the molecule is CC1(C)C(/C=C/C=C/C=C2/Nc3ccc(S(=O)(=O)O)cc3C2(C)CCCCCC(=O)O)=[N+](CCCCS(=O)(=O)O)c2ccc(Cl)cc21. The van der Waals surface area contributed by atoms with Gasteiger partial charge in [0.15, 0.2) is 5.71 Å². The van der Waals surface area contributed by atoms with Crippen molar-refractivity contribution in [3.8, 4) is 0 Å². The molecule has 0 bridgehead atoms. The molecule has 2 aliphatic rings. The molecule has 2 aromatic carbocycles. The molecular weight excluding hydrogens is 664 g/mol. The fourth-order valence-corrected chi connectivity index (χ4v) is 7.66. The van der Waals surface area contributed by atoms with E-state index >= 15 is 0 Å². The maximum Gasteiger partial charge on any atom is 0.303 e. The molecule has 1 unspecified atom stereocenters. The van der Waals surface area contributed by atoms with Gasteiger partial charge in [-0.25, -0.2) is 0 Å². The van der Waals surface area contributed by atoms with Gasteiger partial charge in [-0.1, -0.05) is 42.7 Å². The lowest BCUT2D eigenvalue weighted by molar-refractivity contribution is -0.438. The summed E-state index contributed by atoms with van der Waals surface area (Å²) < 4.78 is 67.3. The molecular formula is C34H42ClN2O8S2+. The molecule has 0 aromatic heterocycles. The molecule has 47 heavy (non-hydrogen) atoms. The van der Waals surface area contributed by atoms with Gasteiger partial charge in [0.05, 0.1) is 16.1 Å². The summed E-state index contributed by atoms with van der Waals surface area (Å²) in [5.41, 5.74) is 4.40. The Bertz CT molecular complexity index is 1880. The van der Waals surface area contributed by atoms with Crippen molar-refractivity contribution in [3.05, 3.63) is 88.6 Å². The second-order valence-corrected chi connectivity index (χ2v) is 16.2. The smallest absolute Gasteiger partial charge is 0.303 e. The van der Waals surface area contributed by atoms with Crippen molar-refractivity contribution in [3.63, 3.8) is 0 Å². The zero-order chi connectivity index (χ0) is 34.6. The summed E-state index contributed by atoms with van der Waals surface area (Å²) in [5, 5.41) is 13.0. The molecule has 254 valence electrons.